The Morgan fingerprint density at radius 3 is 2.64 bits per heavy atom. The van der Waals surface area contributed by atoms with Gasteiger partial charge in [0, 0.05) is 37.2 Å². The molecule has 5 heteroatoms. The lowest BCUT2D eigenvalue weighted by molar-refractivity contribution is -0.132. The van der Waals surface area contributed by atoms with Crippen molar-refractivity contribution < 1.29 is 9.90 Å². The Kier molecular flexibility index (Phi) is 5.76. The van der Waals surface area contributed by atoms with Gasteiger partial charge in [0.15, 0.2) is 0 Å². The van der Waals surface area contributed by atoms with Gasteiger partial charge in [-0.3, -0.25) is 4.79 Å². The van der Waals surface area contributed by atoms with Crippen molar-refractivity contribution in [1.82, 2.24) is 14.9 Å². The van der Waals surface area contributed by atoms with Crippen molar-refractivity contribution in [2.45, 2.75) is 45.1 Å². The van der Waals surface area contributed by atoms with E-state index in [1.165, 1.54) is 5.56 Å². The van der Waals surface area contributed by atoms with Gasteiger partial charge in [-0.15, -0.1) is 0 Å². The van der Waals surface area contributed by atoms with E-state index in [0.29, 0.717) is 12.3 Å². The van der Waals surface area contributed by atoms with Crippen LogP contribution in [0, 0.1) is 6.92 Å². The summed E-state index contributed by atoms with van der Waals surface area (Å²) in [5.74, 6) is 1.25. The molecule has 132 valence electrons. The maximum absolute atomic E-state index is 12.5. The van der Waals surface area contributed by atoms with E-state index in [4.69, 9.17) is 0 Å². The Morgan fingerprint density at radius 1 is 1.24 bits per heavy atom. The fraction of sp³-hybridized carbons (Fsp3) is 0.450. The zero-order chi connectivity index (χ0) is 17.6. The number of rotatable bonds is 5. The number of carbonyl (C=O) groups is 1. The quantitative estimate of drug-likeness (QED) is 0.909. The molecule has 3 rings (SSSR count). The highest BCUT2D eigenvalue weighted by molar-refractivity contribution is 5.76. The lowest BCUT2D eigenvalue weighted by Crippen LogP contribution is -2.38. The van der Waals surface area contributed by atoms with Crippen LogP contribution in [0.2, 0.25) is 0 Å². The van der Waals surface area contributed by atoms with Crippen molar-refractivity contribution in [2.75, 3.05) is 13.1 Å². The molecule has 1 aromatic heterocycles. The number of aliphatic hydroxyl groups excluding tert-OH is 1. The molecule has 0 bridgehead atoms. The van der Waals surface area contributed by atoms with Crippen LogP contribution < -0.4 is 0 Å². The molecular formula is C20H25N3O2. The highest BCUT2D eigenvalue weighted by Gasteiger charge is 2.26. The summed E-state index contributed by atoms with van der Waals surface area (Å²) in [7, 11) is 0. The molecule has 1 aliphatic rings. The number of aliphatic hydroxyl groups is 1. The summed E-state index contributed by atoms with van der Waals surface area (Å²) in [4.78, 5) is 23.1. The first-order chi connectivity index (χ1) is 12.2. The third-order valence-corrected chi connectivity index (χ3v) is 4.89. The Labute approximate surface area is 148 Å². The van der Waals surface area contributed by atoms with Gasteiger partial charge in [-0.1, -0.05) is 30.3 Å². The van der Waals surface area contributed by atoms with Crippen molar-refractivity contribution in [3.05, 3.63) is 59.2 Å². The first kappa shape index (κ1) is 17.5. The Hall–Kier alpha value is -2.27. The van der Waals surface area contributed by atoms with Crippen LogP contribution in [0.1, 0.15) is 47.8 Å². The van der Waals surface area contributed by atoms with E-state index < -0.39 is 0 Å². The third kappa shape index (κ3) is 4.42. The fourth-order valence-corrected chi connectivity index (χ4v) is 3.44. The summed E-state index contributed by atoms with van der Waals surface area (Å²) in [5, 5.41) is 9.51. The van der Waals surface area contributed by atoms with Gasteiger partial charge in [0.05, 0.1) is 12.3 Å². The second-order valence-corrected chi connectivity index (χ2v) is 6.63. The molecule has 1 aliphatic heterocycles. The van der Waals surface area contributed by atoms with Crippen LogP contribution in [0.15, 0.2) is 36.5 Å². The van der Waals surface area contributed by atoms with Crippen LogP contribution in [-0.4, -0.2) is 39.0 Å². The molecule has 2 heterocycles. The van der Waals surface area contributed by atoms with Crippen molar-refractivity contribution in [1.29, 1.82) is 0 Å². The van der Waals surface area contributed by atoms with Gasteiger partial charge in [0.1, 0.15) is 5.82 Å². The predicted octanol–water partition coefficient (Wildman–Crippen LogP) is 2.62. The van der Waals surface area contributed by atoms with Gasteiger partial charge in [-0.2, -0.15) is 0 Å². The highest BCUT2D eigenvalue weighted by atomic mass is 16.3. The molecular weight excluding hydrogens is 314 g/mol. The molecule has 0 aliphatic carbocycles. The largest absolute Gasteiger partial charge is 0.392 e. The molecule has 0 saturated carbocycles. The van der Waals surface area contributed by atoms with Crippen LogP contribution >= 0.6 is 0 Å². The first-order valence-corrected chi connectivity index (χ1v) is 8.92. The molecule has 1 fully saturated rings. The summed E-state index contributed by atoms with van der Waals surface area (Å²) < 4.78 is 0. The van der Waals surface area contributed by atoms with E-state index in [2.05, 4.69) is 22.1 Å². The van der Waals surface area contributed by atoms with Crippen molar-refractivity contribution in [2.24, 2.45) is 0 Å². The smallest absolute Gasteiger partial charge is 0.222 e. The van der Waals surface area contributed by atoms with Crippen LogP contribution in [0.25, 0.3) is 0 Å². The van der Waals surface area contributed by atoms with Crippen molar-refractivity contribution in [3.63, 3.8) is 0 Å². The molecule has 0 spiro atoms. The Balaban J connectivity index is 1.55. The summed E-state index contributed by atoms with van der Waals surface area (Å²) in [6, 6.07) is 10.1. The topological polar surface area (TPSA) is 66.3 Å². The average Bonchev–Trinajstić information content (AvgIpc) is 2.67. The normalized spacial score (nSPS) is 15.4. The summed E-state index contributed by atoms with van der Waals surface area (Å²) in [5.41, 5.74) is 2.96. The van der Waals surface area contributed by atoms with Gasteiger partial charge in [-0.25, -0.2) is 9.97 Å². The number of amides is 1. The zero-order valence-corrected chi connectivity index (χ0v) is 14.7. The van der Waals surface area contributed by atoms with Crippen molar-refractivity contribution >= 4 is 5.91 Å². The van der Waals surface area contributed by atoms with Crippen LogP contribution in [0.3, 0.4) is 0 Å². The van der Waals surface area contributed by atoms with Crippen LogP contribution in [-0.2, 0) is 17.8 Å². The summed E-state index contributed by atoms with van der Waals surface area (Å²) >= 11 is 0. The molecule has 0 atom stereocenters. The third-order valence-electron chi connectivity index (χ3n) is 4.89. The van der Waals surface area contributed by atoms with Crippen molar-refractivity contribution in [3.8, 4) is 0 Å². The lowest BCUT2D eigenvalue weighted by Gasteiger charge is -2.32. The van der Waals surface area contributed by atoms with Gasteiger partial charge < -0.3 is 10.0 Å². The number of benzene rings is 1. The number of nitrogens with zero attached hydrogens (tertiary/aromatic N) is 3. The van der Waals surface area contributed by atoms with E-state index >= 15 is 0 Å². The van der Waals surface area contributed by atoms with E-state index in [0.717, 1.165) is 49.4 Å². The molecule has 1 aromatic carbocycles. The van der Waals surface area contributed by atoms with Gasteiger partial charge in [0.2, 0.25) is 5.91 Å². The molecule has 25 heavy (non-hydrogen) atoms. The Bertz CT molecular complexity index is 710. The molecule has 0 unspecified atom stereocenters. The minimum atomic E-state index is -0.0359. The SMILES string of the molecule is Cc1ncc(CO)c(C2CCN(C(=O)CCc3ccccc3)CC2)n1. The number of likely N-dealkylation sites (tertiary alicyclic amines) is 1. The van der Waals surface area contributed by atoms with E-state index in [1.807, 2.05) is 30.0 Å². The zero-order valence-electron chi connectivity index (χ0n) is 14.7. The second-order valence-electron chi connectivity index (χ2n) is 6.63. The highest BCUT2D eigenvalue weighted by Crippen LogP contribution is 2.29. The van der Waals surface area contributed by atoms with Crippen LogP contribution in [0.5, 0.6) is 0 Å². The number of piperidine rings is 1. The van der Waals surface area contributed by atoms with Crippen LogP contribution in [0.4, 0.5) is 0 Å². The van der Waals surface area contributed by atoms with E-state index in [-0.39, 0.29) is 12.5 Å². The van der Waals surface area contributed by atoms with Gasteiger partial charge in [0.25, 0.3) is 0 Å². The number of aryl methyl sites for hydroxylation is 2. The number of aromatic nitrogens is 2. The monoisotopic (exact) mass is 339 g/mol. The molecule has 1 N–H and O–H groups in total. The first-order valence-electron chi connectivity index (χ1n) is 8.92. The van der Waals surface area contributed by atoms with Gasteiger partial charge >= 0.3 is 0 Å². The minimum Gasteiger partial charge on any atom is -0.392 e. The van der Waals surface area contributed by atoms with Gasteiger partial charge in [-0.05, 0) is 31.7 Å². The molecule has 2 aromatic rings. The van der Waals surface area contributed by atoms with E-state index in [1.54, 1.807) is 6.20 Å². The minimum absolute atomic E-state index is 0.0359. The second kappa shape index (κ2) is 8.21. The summed E-state index contributed by atoms with van der Waals surface area (Å²) in [6.45, 7) is 3.34. The Morgan fingerprint density at radius 2 is 1.96 bits per heavy atom. The summed E-state index contributed by atoms with van der Waals surface area (Å²) in [6.07, 6.45) is 4.85. The number of hydrogen-bond acceptors (Lipinski definition) is 4. The maximum atomic E-state index is 12.5. The predicted molar refractivity (Wildman–Crippen MR) is 96.0 cm³/mol. The van der Waals surface area contributed by atoms with E-state index in [9.17, 15) is 9.90 Å². The fourth-order valence-electron chi connectivity index (χ4n) is 3.44. The molecule has 5 nitrogen and oxygen atoms in total. The lowest BCUT2D eigenvalue weighted by atomic mass is 9.90. The maximum Gasteiger partial charge on any atom is 0.222 e. The average molecular weight is 339 g/mol. The molecule has 0 radical (unpaired) electrons. The molecule has 1 amide bonds. The molecule has 1 saturated heterocycles. The number of hydrogen-bond donors (Lipinski definition) is 1. The number of carbonyl (C=O) groups excluding carboxylic acids is 1. The standard InChI is InChI=1S/C20H25N3O2/c1-15-21-13-18(14-24)20(22-15)17-9-11-23(12-10-17)19(25)8-7-16-5-3-2-4-6-16/h2-6,13,17,24H,7-12,14H2,1H3.